The number of hydrogen-bond donors (Lipinski definition) is 0. The molecule has 2 aliphatic carbocycles. The van der Waals surface area contributed by atoms with Crippen molar-refractivity contribution in [1.29, 1.82) is 0 Å². The predicted molar refractivity (Wildman–Crippen MR) is 88.2 cm³/mol. The van der Waals surface area contributed by atoms with E-state index in [1.54, 1.807) is 6.20 Å². The van der Waals surface area contributed by atoms with Gasteiger partial charge in [0.05, 0.1) is 0 Å². The molecule has 0 aromatic carbocycles. The quantitative estimate of drug-likeness (QED) is 0.464. The van der Waals surface area contributed by atoms with Crippen LogP contribution in [0.1, 0.15) is 44.7 Å². The molecule has 4 heteroatoms. The van der Waals surface area contributed by atoms with Crippen LogP contribution >= 0.6 is 0 Å². The number of ether oxygens (including phenoxy) is 1. The van der Waals surface area contributed by atoms with Gasteiger partial charge in [-0.05, 0) is 49.3 Å². The summed E-state index contributed by atoms with van der Waals surface area (Å²) in [4.78, 5) is 16.5. The Kier molecular flexibility index (Phi) is 5.39. The zero-order valence-corrected chi connectivity index (χ0v) is 16.8. The first-order chi connectivity index (χ1) is 11.2. The molecule has 0 N–H and O–H groups in total. The molecule has 2 heterocycles. The van der Waals surface area contributed by atoms with E-state index in [9.17, 15) is 4.79 Å². The van der Waals surface area contributed by atoms with Crippen LogP contribution in [0.25, 0.3) is 6.08 Å². The Labute approximate surface area is 157 Å². The first-order valence-electron chi connectivity index (χ1n) is 8.68. The van der Waals surface area contributed by atoms with Crippen molar-refractivity contribution in [2.24, 2.45) is 17.8 Å². The molecule has 126 valence electrons. The zero-order chi connectivity index (χ0) is 15.8. The van der Waals surface area contributed by atoms with E-state index < -0.39 is 0 Å². The minimum absolute atomic E-state index is 0. The van der Waals surface area contributed by atoms with E-state index >= 15 is 0 Å². The second-order valence-corrected chi connectivity index (χ2v) is 6.96. The SMILES string of the molecule is C[C@H]1OC(=O)C2=C1[C@@H](/C=C/c1cc[c-]cn1)[C@@H]1CCCC[C@H]1C2.[W]. The van der Waals surface area contributed by atoms with E-state index in [1.165, 1.54) is 31.3 Å². The molecule has 1 aromatic rings. The fourth-order valence-electron chi connectivity index (χ4n) is 4.67. The van der Waals surface area contributed by atoms with Crippen molar-refractivity contribution in [3.8, 4) is 0 Å². The van der Waals surface area contributed by atoms with Crippen molar-refractivity contribution in [3.63, 3.8) is 0 Å². The molecule has 0 radical (unpaired) electrons. The molecule has 0 bridgehead atoms. The summed E-state index contributed by atoms with van der Waals surface area (Å²) in [6.45, 7) is 2.01. The molecule has 1 aliphatic heterocycles. The van der Waals surface area contributed by atoms with Crippen LogP contribution in [0.4, 0.5) is 0 Å². The van der Waals surface area contributed by atoms with E-state index in [1.807, 2.05) is 19.1 Å². The molecule has 3 nitrogen and oxygen atoms in total. The van der Waals surface area contributed by atoms with Crippen LogP contribution in [0.3, 0.4) is 0 Å². The molecule has 4 atom stereocenters. The number of carbonyl (C=O) groups excluding carboxylic acids is 1. The molecule has 1 fully saturated rings. The first kappa shape index (κ1) is 17.6. The van der Waals surface area contributed by atoms with Gasteiger partial charge in [-0.1, -0.05) is 31.2 Å². The van der Waals surface area contributed by atoms with Crippen LogP contribution in [0.15, 0.2) is 35.6 Å². The van der Waals surface area contributed by atoms with Gasteiger partial charge in [-0.15, -0.1) is 0 Å². The number of cyclic esters (lactones) is 1. The van der Waals surface area contributed by atoms with Crippen LogP contribution in [0.5, 0.6) is 0 Å². The summed E-state index contributed by atoms with van der Waals surface area (Å²) in [7, 11) is 0. The minimum atomic E-state index is -0.0811. The van der Waals surface area contributed by atoms with Crippen molar-refractivity contribution >= 4 is 12.0 Å². The van der Waals surface area contributed by atoms with Crippen LogP contribution in [-0.2, 0) is 30.6 Å². The molecule has 1 saturated carbocycles. The topological polar surface area (TPSA) is 39.2 Å². The smallest absolute Gasteiger partial charge is 0.334 e. The monoisotopic (exact) mass is 492 g/mol. The summed E-state index contributed by atoms with van der Waals surface area (Å²) in [5, 5.41) is 0. The van der Waals surface area contributed by atoms with Gasteiger partial charge < -0.3 is 4.74 Å². The average Bonchev–Trinajstić information content (AvgIpc) is 2.87. The summed E-state index contributed by atoms with van der Waals surface area (Å²) in [5.41, 5.74) is 3.14. The minimum Gasteiger partial charge on any atom is -0.455 e. The van der Waals surface area contributed by atoms with Gasteiger partial charge in [0, 0.05) is 32.6 Å². The Morgan fingerprint density at radius 3 is 2.96 bits per heavy atom. The number of rotatable bonds is 2. The fraction of sp³-hybridized carbons (Fsp3) is 0.500. The maximum Gasteiger partial charge on any atom is 0.334 e. The largest absolute Gasteiger partial charge is 0.455 e. The summed E-state index contributed by atoms with van der Waals surface area (Å²) in [6, 6.07) is 6.79. The van der Waals surface area contributed by atoms with Gasteiger partial charge in [-0.2, -0.15) is 6.07 Å². The average molecular weight is 492 g/mol. The van der Waals surface area contributed by atoms with Gasteiger partial charge >= 0.3 is 5.97 Å². The third-order valence-electron chi connectivity index (χ3n) is 5.68. The van der Waals surface area contributed by atoms with Gasteiger partial charge in [-0.25, -0.2) is 16.9 Å². The molecule has 0 unspecified atom stereocenters. The van der Waals surface area contributed by atoms with Crippen LogP contribution < -0.4 is 0 Å². The second-order valence-electron chi connectivity index (χ2n) is 6.96. The van der Waals surface area contributed by atoms with E-state index in [-0.39, 0.29) is 33.1 Å². The zero-order valence-electron chi connectivity index (χ0n) is 13.9. The number of fused-ring (bicyclic) bond motifs is 1. The summed E-state index contributed by atoms with van der Waals surface area (Å²) < 4.78 is 5.53. The number of aromatic nitrogens is 1. The van der Waals surface area contributed by atoms with E-state index in [0.29, 0.717) is 17.8 Å². The van der Waals surface area contributed by atoms with Crippen molar-refractivity contribution < 1.29 is 30.6 Å². The van der Waals surface area contributed by atoms with Gasteiger partial charge in [-0.3, -0.25) is 4.98 Å². The Morgan fingerprint density at radius 2 is 2.17 bits per heavy atom. The Balaban J connectivity index is 0.00000169. The standard InChI is InChI=1S/C20H22NO2.W/c1-13-19-17(10-9-15-7-4-5-11-21-15)16-8-3-2-6-14(16)12-18(19)20(22)23-13;/h4,7,9-11,13-14,16-17H,2-3,6,8,12H2,1H3;/q-1;/b10-9+;/t13-,14+,16-,17+;/m1./s1. The van der Waals surface area contributed by atoms with Crippen LogP contribution in [0, 0.1) is 23.8 Å². The van der Waals surface area contributed by atoms with E-state index in [2.05, 4.69) is 23.2 Å². The maximum atomic E-state index is 12.2. The number of pyridine rings is 1. The van der Waals surface area contributed by atoms with Crippen molar-refractivity contribution in [3.05, 3.63) is 47.3 Å². The van der Waals surface area contributed by atoms with Gasteiger partial charge in [0.1, 0.15) is 6.10 Å². The third kappa shape index (κ3) is 3.16. The van der Waals surface area contributed by atoms with Crippen LogP contribution in [0.2, 0.25) is 0 Å². The number of esters is 1. The number of carbonyl (C=O) groups is 1. The molecule has 3 aliphatic rings. The van der Waals surface area contributed by atoms with Crippen molar-refractivity contribution in [2.75, 3.05) is 0 Å². The van der Waals surface area contributed by atoms with Gasteiger partial charge in [0.25, 0.3) is 0 Å². The Hall–Kier alpha value is -1.21. The Morgan fingerprint density at radius 1 is 1.33 bits per heavy atom. The second kappa shape index (κ2) is 7.35. The van der Waals surface area contributed by atoms with Gasteiger partial charge in [0.2, 0.25) is 0 Å². The van der Waals surface area contributed by atoms with Crippen LogP contribution in [-0.4, -0.2) is 17.1 Å². The summed E-state index contributed by atoms with van der Waals surface area (Å²) in [5.74, 6) is 1.51. The number of nitrogens with zero attached hydrogens (tertiary/aromatic N) is 1. The first-order valence-corrected chi connectivity index (χ1v) is 8.68. The van der Waals surface area contributed by atoms with E-state index in [0.717, 1.165) is 17.7 Å². The predicted octanol–water partition coefficient (Wildman–Crippen LogP) is 3.96. The molecule has 0 spiro atoms. The molecular weight excluding hydrogens is 470 g/mol. The fourth-order valence-corrected chi connectivity index (χ4v) is 4.67. The molecule has 0 amide bonds. The molecule has 1 aromatic heterocycles. The number of hydrogen-bond acceptors (Lipinski definition) is 3. The molecule has 4 rings (SSSR count). The van der Waals surface area contributed by atoms with Gasteiger partial charge in [0.15, 0.2) is 0 Å². The normalized spacial score (nSPS) is 32.1. The molecule has 0 saturated heterocycles. The Bertz CT molecular complexity index is 667. The molecule has 24 heavy (non-hydrogen) atoms. The van der Waals surface area contributed by atoms with Crippen molar-refractivity contribution in [1.82, 2.24) is 4.98 Å². The summed E-state index contributed by atoms with van der Waals surface area (Å²) >= 11 is 0. The summed E-state index contributed by atoms with van der Waals surface area (Å²) in [6.07, 6.45) is 12.0. The number of allylic oxidation sites excluding steroid dienone is 1. The molecular formula is C20H22NO2W-. The maximum absolute atomic E-state index is 12.2. The van der Waals surface area contributed by atoms with E-state index in [4.69, 9.17) is 4.74 Å². The van der Waals surface area contributed by atoms with Crippen molar-refractivity contribution in [2.45, 2.75) is 45.1 Å². The third-order valence-corrected chi connectivity index (χ3v) is 5.68.